The van der Waals surface area contributed by atoms with Crippen LogP contribution in [0.4, 0.5) is 5.82 Å². The summed E-state index contributed by atoms with van der Waals surface area (Å²) in [6.45, 7) is 11.1. The van der Waals surface area contributed by atoms with Gasteiger partial charge in [0.05, 0.1) is 10.7 Å². The molecule has 0 fully saturated rings. The van der Waals surface area contributed by atoms with Crippen LogP contribution in [0.3, 0.4) is 0 Å². The number of carbonyl (C=O) groups excluding carboxylic acids is 1. The van der Waals surface area contributed by atoms with Crippen molar-refractivity contribution in [1.29, 1.82) is 0 Å². The molecule has 0 atom stereocenters. The SMILES string of the molecule is CC(C)(C)NS(=O)(=O)c1cc(C(=O)Nc2cc(C(C)(C)C)nn2-c2ncccn2)ccc1Cl. The average molecular weight is 491 g/mol. The van der Waals surface area contributed by atoms with Gasteiger partial charge in [0.25, 0.3) is 11.9 Å². The second kappa shape index (κ2) is 8.85. The van der Waals surface area contributed by atoms with Crippen molar-refractivity contribution in [2.24, 2.45) is 0 Å². The maximum atomic E-state index is 13.1. The van der Waals surface area contributed by atoms with Gasteiger partial charge in [-0.3, -0.25) is 4.79 Å². The van der Waals surface area contributed by atoms with Crippen LogP contribution in [0.2, 0.25) is 5.02 Å². The summed E-state index contributed by atoms with van der Waals surface area (Å²) in [4.78, 5) is 21.3. The van der Waals surface area contributed by atoms with E-state index in [1.165, 1.54) is 22.9 Å². The van der Waals surface area contributed by atoms with E-state index in [1.54, 1.807) is 45.3 Å². The van der Waals surface area contributed by atoms with Crippen LogP contribution in [0, 0.1) is 0 Å². The summed E-state index contributed by atoms with van der Waals surface area (Å²) >= 11 is 6.15. The molecule has 0 radical (unpaired) electrons. The van der Waals surface area contributed by atoms with E-state index in [-0.39, 0.29) is 26.8 Å². The first kappa shape index (κ1) is 24.8. The number of carbonyl (C=O) groups is 1. The highest BCUT2D eigenvalue weighted by atomic mass is 35.5. The van der Waals surface area contributed by atoms with Crippen molar-refractivity contribution < 1.29 is 13.2 Å². The molecule has 0 saturated heterocycles. The summed E-state index contributed by atoms with van der Waals surface area (Å²) in [6, 6.07) is 7.50. The van der Waals surface area contributed by atoms with Gasteiger partial charge in [-0.05, 0) is 45.0 Å². The normalized spacial score (nSPS) is 12.6. The smallest absolute Gasteiger partial charge is 0.256 e. The Morgan fingerprint density at radius 1 is 1.03 bits per heavy atom. The van der Waals surface area contributed by atoms with E-state index in [0.717, 1.165) is 5.69 Å². The standard InChI is InChI=1S/C22H27ClN6O3S/c1-21(2,3)17-13-18(29(27-17)20-24-10-7-11-25-20)26-19(30)14-8-9-15(23)16(12-14)33(31,32)28-22(4,5)6/h7-13,28H,1-6H3,(H,26,30). The highest BCUT2D eigenvalue weighted by Crippen LogP contribution is 2.27. The van der Waals surface area contributed by atoms with Crippen molar-refractivity contribution in [1.82, 2.24) is 24.5 Å². The van der Waals surface area contributed by atoms with Gasteiger partial charge < -0.3 is 5.32 Å². The van der Waals surface area contributed by atoms with Crippen molar-refractivity contribution in [3.05, 3.63) is 59.0 Å². The third-order valence-corrected chi connectivity index (χ3v) is 6.62. The predicted molar refractivity (Wildman–Crippen MR) is 127 cm³/mol. The van der Waals surface area contributed by atoms with Gasteiger partial charge in [-0.15, -0.1) is 0 Å². The van der Waals surface area contributed by atoms with E-state index in [4.69, 9.17) is 11.6 Å². The van der Waals surface area contributed by atoms with Gasteiger partial charge in [0.15, 0.2) is 0 Å². The number of nitrogens with zero attached hydrogens (tertiary/aromatic N) is 4. The zero-order valence-electron chi connectivity index (χ0n) is 19.3. The molecule has 0 aliphatic heterocycles. The lowest BCUT2D eigenvalue weighted by molar-refractivity contribution is 0.102. The molecule has 176 valence electrons. The Hall–Kier alpha value is -2.82. The number of hydrogen-bond acceptors (Lipinski definition) is 6. The second-order valence-electron chi connectivity index (χ2n) is 9.58. The molecule has 0 bridgehead atoms. The molecule has 2 heterocycles. The van der Waals surface area contributed by atoms with Crippen LogP contribution in [0.25, 0.3) is 5.95 Å². The molecule has 0 aliphatic carbocycles. The number of sulfonamides is 1. The van der Waals surface area contributed by atoms with Crippen molar-refractivity contribution >= 4 is 33.3 Å². The van der Waals surface area contributed by atoms with Crippen LogP contribution >= 0.6 is 11.6 Å². The van der Waals surface area contributed by atoms with Crippen molar-refractivity contribution in [2.45, 2.75) is 57.4 Å². The van der Waals surface area contributed by atoms with E-state index in [0.29, 0.717) is 5.82 Å². The average Bonchev–Trinajstić information content (AvgIpc) is 3.11. The molecule has 1 aromatic carbocycles. The number of nitrogens with one attached hydrogen (secondary N) is 2. The minimum atomic E-state index is -3.94. The fraction of sp³-hybridized carbons (Fsp3) is 0.364. The van der Waals surface area contributed by atoms with E-state index < -0.39 is 21.5 Å². The van der Waals surface area contributed by atoms with Crippen LogP contribution in [0.5, 0.6) is 0 Å². The van der Waals surface area contributed by atoms with Crippen LogP contribution in [-0.2, 0) is 15.4 Å². The topological polar surface area (TPSA) is 119 Å². The first-order valence-electron chi connectivity index (χ1n) is 10.2. The minimum absolute atomic E-state index is 0.0149. The molecular weight excluding hydrogens is 464 g/mol. The number of halogens is 1. The number of hydrogen-bond donors (Lipinski definition) is 2. The van der Waals surface area contributed by atoms with Crippen LogP contribution in [-0.4, -0.2) is 39.6 Å². The molecule has 3 aromatic rings. The number of amides is 1. The maximum Gasteiger partial charge on any atom is 0.256 e. The third-order valence-electron chi connectivity index (χ3n) is 4.38. The number of benzene rings is 1. The van der Waals surface area contributed by atoms with Gasteiger partial charge in [-0.1, -0.05) is 32.4 Å². The molecule has 0 spiro atoms. The van der Waals surface area contributed by atoms with Crippen LogP contribution in [0.1, 0.15) is 57.6 Å². The fourth-order valence-corrected chi connectivity index (χ4v) is 4.83. The Kier molecular flexibility index (Phi) is 6.65. The maximum absolute atomic E-state index is 13.1. The first-order chi connectivity index (χ1) is 15.2. The number of rotatable bonds is 5. The summed E-state index contributed by atoms with van der Waals surface area (Å²) in [5.74, 6) is 0.108. The zero-order valence-corrected chi connectivity index (χ0v) is 20.9. The summed E-state index contributed by atoms with van der Waals surface area (Å²) < 4.78 is 29.6. The Morgan fingerprint density at radius 3 is 2.24 bits per heavy atom. The van der Waals surface area contributed by atoms with Crippen LogP contribution < -0.4 is 10.0 Å². The van der Waals surface area contributed by atoms with Gasteiger partial charge in [0.2, 0.25) is 10.0 Å². The summed E-state index contributed by atoms with van der Waals surface area (Å²) in [5.41, 5.74) is -0.169. The number of aromatic nitrogens is 4. The van der Waals surface area contributed by atoms with Crippen molar-refractivity contribution in [3.63, 3.8) is 0 Å². The molecule has 0 unspecified atom stereocenters. The zero-order chi connectivity index (χ0) is 24.6. The summed E-state index contributed by atoms with van der Waals surface area (Å²) in [6.07, 6.45) is 3.15. The lowest BCUT2D eigenvalue weighted by atomic mass is 9.92. The van der Waals surface area contributed by atoms with E-state index in [9.17, 15) is 13.2 Å². The summed E-state index contributed by atoms with van der Waals surface area (Å²) in [5, 5.41) is 7.36. The second-order valence-corrected chi connectivity index (χ2v) is 11.6. The van der Waals surface area contributed by atoms with Crippen molar-refractivity contribution in [2.75, 3.05) is 5.32 Å². The highest BCUT2D eigenvalue weighted by Gasteiger charge is 2.26. The Labute approximate surface area is 198 Å². The molecule has 2 N–H and O–H groups in total. The van der Waals surface area contributed by atoms with E-state index in [2.05, 4.69) is 25.1 Å². The monoisotopic (exact) mass is 490 g/mol. The highest BCUT2D eigenvalue weighted by molar-refractivity contribution is 7.89. The van der Waals surface area contributed by atoms with E-state index >= 15 is 0 Å². The molecule has 0 saturated carbocycles. The molecule has 0 aliphatic rings. The molecule has 3 rings (SSSR count). The van der Waals surface area contributed by atoms with Crippen LogP contribution in [0.15, 0.2) is 47.6 Å². The molecule has 2 aromatic heterocycles. The lowest BCUT2D eigenvalue weighted by Gasteiger charge is -2.21. The van der Waals surface area contributed by atoms with E-state index in [1.807, 2.05) is 20.8 Å². The number of anilines is 1. The van der Waals surface area contributed by atoms with Gasteiger partial charge in [0.1, 0.15) is 10.7 Å². The van der Waals surface area contributed by atoms with Crippen molar-refractivity contribution in [3.8, 4) is 5.95 Å². The van der Waals surface area contributed by atoms with Gasteiger partial charge in [0, 0.05) is 35.0 Å². The predicted octanol–water partition coefficient (Wildman–Crippen LogP) is 3.94. The van der Waals surface area contributed by atoms with Gasteiger partial charge >= 0.3 is 0 Å². The Bertz CT molecular complexity index is 1280. The molecule has 11 heteroatoms. The molecule has 9 nitrogen and oxygen atoms in total. The quantitative estimate of drug-likeness (QED) is 0.559. The third kappa shape index (κ3) is 5.95. The fourth-order valence-electron chi connectivity index (χ4n) is 2.89. The lowest BCUT2D eigenvalue weighted by Crippen LogP contribution is -2.40. The first-order valence-corrected chi connectivity index (χ1v) is 12.1. The largest absolute Gasteiger partial charge is 0.306 e. The Balaban J connectivity index is 1.99. The Morgan fingerprint density at radius 2 is 1.67 bits per heavy atom. The summed E-state index contributed by atoms with van der Waals surface area (Å²) in [7, 11) is -3.94. The molecular formula is C22H27ClN6O3S. The minimum Gasteiger partial charge on any atom is -0.306 e. The van der Waals surface area contributed by atoms with Gasteiger partial charge in [-0.2, -0.15) is 9.78 Å². The molecule has 1 amide bonds. The molecule has 33 heavy (non-hydrogen) atoms. The van der Waals surface area contributed by atoms with Gasteiger partial charge in [-0.25, -0.2) is 23.1 Å².